The van der Waals surface area contributed by atoms with E-state index in [1.807, 2.05) is 72.8 Å². The topological polar surface area (TPSA) is 71.0 Å². The molecule has 3 unspecified atom stereocenters. The van der Waals surface area contributed by atoms with Crippen LogP contribution in [0, 0.1) is 0 Å². The van der Waals surface area contributed by atoms with Crippen LogP contribution in [0.5, 0.6) is 0 Å². The first kappa shape index (κ1) is 29.4. The standard InChI is InChI=1S/C36H38N2O4/c1-3-20-38(2)24-33-22-34(29-14-12-26(25-39)13-15-29)42-36(41-33)31-18-16-28(17-19-31)32-11-7-8-27(21-32)23-37-35(40)30-9-5-4-6-10-30/h3-19,21,33-34,36,39H,1,20,22-25H2,2H3,(H,37,40). The summed E-state index contributed by atoms with van der Waals surface area (Å²) in [6.07, 6.45) is 1.99. The minimum atomic E-state index is -0.503. The maximum Gasteiger partial charge on any atom is 0.251 e. The minimum Gasteiger partial charge on any atom is -0.392 e. The van der Waals surface area contributed by atoms with Crippen LogP contribution in [0.2, 0.25) is 0 Å². The highest BCUT2D eigenvalue weighted by atomic mass is 16.7. The van der Waals surface area contributed by atoms with Crippen LogP contribution in [0.3, 0.4) is 0 Å². The number of ether oxygens (including phenoxy) is 2. The largest absolute Gasteiger partial charge is 0.392 e. The van der Waals surface area contributed by atoms with Gasteiger partial charge in [0.25, 0.3) is 5.91 Å². The van der Waals surface area contributed by atoms with Gasteiger partial charge >= 0.3 is 0 Å². The Bertz CT molecular complexity index is 1450. The smallest absolute Gasteiger partial charge is 0.251 e. The highest BCUT2D eigenvalue weighted by molar-refractivity contribution is 5.94. The lowest BCUT2D eigenvalue weighted by molar-refractivity contribution is -0.252. The molecule has 1 amide bonds. The second-order valence-electron chi connectivity index (χ2n) is 10.7. The maximum absolute atomic E-state index is 12.5. The zero-order valence-electron chi connectivity index (χ0n) is 24.0. The fraction of sp³-hybridized carbons (Fsp3) is 0.250. The Labute approximate surface area is 248 Å². The molecule has 1 aliphatic rings. The van der Waals surface area contributed by atoms with Gasteiger partial charge in [-0.3, -0.25) is 4.79 Å². The molecule has 1 saturated heterocycles. The molecule has 2 N–H and O–H groups in total. The van der Waals surface area contributed by atoms with Crippen molar-refractivity contribution in [2.75, 3.05) is 20.1 Å². The number of carbonyl (C=O) groups is 1. The quantitative estimate of drug-likeness (QED) is 0.206. The summed E-state index contributed by atoms with van der Waals surface area (Å²) < 4.78 is 13.0. The molecule has 1 fully saturated rings. The number of nitrogens with one attached hydrogen (secondary N) is 1. The van der Waals surface area contributed by atoms with Gasteiger partial charge in [0.15, 0.2) is 6.29 Å². The number of benzene rings is 4. The molecule has 3 atom stereocenters. The van der Waals surface area contributed by atoms with Crippen LogP contribution in [0.1, 0.15) is 51.4 Å². The van der Waals surface area contributed by atoms with Crippen molar-refractivity contribution in [3.63, 3.8) is 0 Å². The Morgan fingerprint density at radius 1 is 0.905 bits per heavy atom. The highest BCUT2D eigenvalue weighted by Crippen LogP contribution is 2.38. The molecule has 4 aromatic carbocycles. The van der Waals surface area contributed by atoms with Crippen LogP contribution in [0.25, 0.3) is 11.1 Å². The van der Waals surface area contributed by atoms with E-state index in [-0.39, 0.29) is 24.7 Å². The molecule has 216 valence electrons. The summed E-state index contributed by atoms with van der Waals surface area (Å²) in [5.41, 5.74) is 6.73. The van der Waals surface area contributed by atoms with E-state index in [1.54, 1.807) is 0 Å². The average molecular weight is 563 g/mol. The van der Waals surface area contributed by atoms with Crippen LogP contribution in [-0.2, 0) is 22.6 Å². The molecular weight excluding hydrogens is 524 g/mol. The summed E-state index contributed by atoms with van der Waals surface area (Å²) in [6.45, 7) is 5.88. The molecule has 0 spiro atoms. The molecule has 42 heavy (non-hydrogen) atoms. The van der Waals surface area contributed by atoms with Crippen molar-refractivity contribution in [3.8, 4) is 11.1 Å². The predicted molar refractivity (Wildman–Crippen MR) is 166 cm³/mol. The Morgan fingerprint density at radius 2 is 1.64 bits per heavy atom. The lowest BCUT2D eigenvalue weighted by Crippen LogP contribution is -2.37. The molecule has 6 heteroatoms. The number of likely N-dealkylation sites (N-methyl/N-ethyl adjacent to an activating group) is 1. The summed E-state index contributed by atoms with van der Waals surface area (Å²) in [6, 6.07) is 33.7. The van der Waals surface area contributed by atoms with E-state index in [1.165, 1.54) is 0 Å². The van der Waals surface area contributed by atoms with Gasteiger partial charge in [0, 0.05) is 37.2 Å². The van der Waals surface area contributed by atoms with Gasteiger partial charge in [-0.05, 0) is 53.1 Å². The van der Waals surface area contributed by atoms with E-state index in [0.29, 0.717) is 12.1 Å². The number of aliphatic hydroxyl groups is 1. The van der Waals surface area contributed by atoms with Crippen LogP contribution in [0.4, 0.5) is 0 Å². The van der Waals surface area contributed by atoms with Crippen molar-refractivity contribution in [2.45, 2.75) is 38.1 Å². The minimum absolute atomic E-state index is 0.0151. The van der Waals surface area contributed by atoms with Crippen molar-refractivity contribution < 1.29 is 19.4 Å². The van der Waals surface area contributed by atoms with E-state index in [2.05, 4.69) is 60.2 Å². The first-order valence-electron chi connectivity index (χ1n) is 14.3. The third kappa shape index (κ3) is 7.60. The first-order chi connectivity index (χ1) is 20.5. The third-order valence-electron chi connectivity index (χ3n) is 7.50. The van der Waals surface area contributed by atoms with Crippen LogP contribution >= 0.6 is 0 Å². The SMILES string of the molecule is C=CCN(C)CC1CC(c2ccc(CO)cc2)OC(c2ccc(-c3cccc(CNC(=O)c4ccccc4)c3)cc2)O1. The van der Waals surface area contributed by atoms with Crippen LogP contribution in [0.15, 0.2) is 116 Å². The van der Waals surface area contributed by atoms with Crippen molar-refractivity contribution in [2.24, 2.45) is 0 Å². The van der Waals surface area contributed by atoms with Crippen LogP contribution in [-0.4, -0.2) is 42.2 Å². The zero-order valence-corrected chi connectivity index (χ0v) is 24.0. The Morgan fingerprint density at radius 3 is 2.36 bits per heavy atom. The number of nitrogens with zero attached hydrogens (tertiary/aromatic N) is 1. The molecule has 1 heterocycles. The molecule has 0 bridgehead atoms. The Balaban J connectivity index is 1.29. The van der Waals surface area contributed by atoms with Crippen molar-refractivity contribution in [1.29, 1.82) is 0 Å². The number of rotatable bonds is 11. The molecule has 0 radical (unpaired) electrons. The molecule has 4 aromatic rings. The summed E-state index contributed by atoms with van der Waals surface area (Å²) in [5.74, 6) is -0.0885. The Hall–Kier alpha value is -4.07. The van der Waals surface area contributed by atoms with Gasteiger partial charge in [0.1, 0.15) is 0 Å². The van der Waals surface area contributed by atoms with E-state index < -0.39 is 6.29 Å². The van der Waals surface area contributed by atoms with Gasteiger partial charge < -0.3 is 24.8 Å². The van der Waals surface area contributed by atoms with Gasteiger partial charge in [-0.2, -0.15) is 0 Å². The molecule has 0 saturated carbocycles. The normalized spacial score (nSPS) is 18.5. The summed E-state index contributed by atoms with van der Waals surface area (Å²) >= 11 is 0. The summed E-state index contributed by atoms with van der Waals surface area (Å²) in [4.78, 5) is 14.7. The lowest BCUT2D eigenvalue weighted by atomic mass is 9.99. The second kappa shape index (κ2) is 14.2. The van der Waals surface area contributed by atoms with E-state index >= 15 is 0 Å². The fourth-order valence-corrected chi connectivity index (χ4v) is 5.24. The number of hydrogen-bond acceptors (Lipinski definition) is 5. The van der Waals surface area contributed by atoms with Crippen molar-refractivity contribution in [1.82, 2.24) is 10.2 Å². The third-order valence-corrected chi connectivity index (χ3v) is 7.50. The number of aliphatic hydroxyl groups excluding tert-OH is 1. The fourth-order valence-electron chi connectivity index (χ4n) is 5.24. The van der Waals surface area contributed by atoms with Crippen molar-refractivity contribution in [3.05, 3.63) is 144 Å². The number of hydrogen-bond donors (Lipinski definition) is 2. The second-order valence-corrected chi connectivity index (χ2v) is 10.7. The Kier molecular flexibility index (Phi) is 9.95. The van der Waals surface area contributed by atoms with Gasteiger partial charge in [-0.15, -0.1) is 6.58 Å². The molecule has 5 rings (SSSR count). The van der Waals surface area contributed by atoms with Gasteiger partial charge in [0.2, 0.25) is 0 Å². The monoisotopic (exact) mass is 562 g/mol. The van der Waals surface area contributed by atoms with E-state index in [9.17, 15) is 9.90 Å². The maximum atomic E-state index is 12.5. The number of carbonyl (C=O) groups excluding carboxylic acids is 1. The van der Waals surface area contributed by atoms with Gasteiger partial charge in [-0.1, -0.05) is 91.0 Å². The van der Waals surface area contributed by atoms with E-state index in [0.717, 1.165) is 52.9 Å². The van der Waals surface area contributed by atoms with Gasteiger partial charge in [-0.25, -0.2) is 0 Å². The van der Waals surface area contributed by atoms with Crippen molar-refractivity contribution >= 4 is 5.91 Å². The van der Waals surface area contributed by atoms with Crippen LogP contribution < -0.4 is 5.32 Å². The summed E-state index contributed by atoms with van der Waals surface area (Å²) in [5, 5.41) is 12.5. The zero-order chi connectivity index (χ0) is 29.3. The predicted octanol–water partition coefficient (Wildman–Crippen LogP) is 6.44. The highest BCUT2D eigenvalue weighted by Gasteiger charge is 2.32. The number of amides is 1. The summed E-state index contributed by atoms with van der Waals surface area (Å²) in [7, 11) is 2.07. The molecule has 6 nitrogen and oxygen atoms in total. The molecule has 1 aliphatic heterocycles. The van der Waals surface area contributed by atoms with E-state index in [4.69, 9.17) is 9.47 Å². The first-order valence-corrected chi connectivity index (χ1v) is 14.3. The molecule has 0 aliphatic carbocycles. The lowest BCUT2D eigenvalue weighted by Gasteiger charge is -2.37. The molecule has 0 aromatic heterocycles. The molecular formula is C36H38N2O4. The van der Waals surface area contributed by atoms with Gasteiger partial charge in [0.05, 0.1) is 18.8 Å². The average Bonchev–Trinajstić information content (AvgIpc) is 3.04.